The van der Waals surface area contributed by atoms with Crippen molar-refractivity contribution in [2.24, 2.45) is 4.99 Å². The van der Waals surface area contributed by atoms with Gasteiger partial charge in [0, 0.05) is 15.6 Å². The normalized spacial score (nSPS) is 16.0. The standard InChI is InChI=1S/C23H17Cl2FN2O3S/c1-3-31-22(30)19-12(2)27-23-28(20(19)15-6-4-5-7-17(15)26)21(29)18(32-23)10-13-8-9-14(24)11-16(13)25/h4-11,20H,3H2,1-2H3/t20-/m0/s1. The van der Waals surface area contributed by atoms with Crippen LogP contribution in [0.5, 0.6) is 0 Å². The van der Waals surface area contributed by atoms with Crippen LogP contribution >= 0.6 is 34.5 Å². The van der Waals surface area contributed by atoms with Gasteiger partial charge in [-0.1, -0.05) is 58.8 Å². The number of hydrogen-bond donors (Lipinski definition) is 0. The Hall–Kier alpha value is -2.74. The molecule has 32 heavy (non-hydrogen) atoms. The molecule has 0 unspecified atom stereocenters. The summed E-state index contributed by atoms with van der Waals surface area (Å²) in [6, 6.07) is 9.98. The molecule has 9 heteroatoms. The number of benzene rings is 2. The Balaban J connectivity index is 1.99. The van der Waals surface area contributed by atoms with E-state index in [1.54, 1.807) is 56.3 Å². The first kappa shape index (κ1) is 22.5. The van der Waals surface area contributed by atoms with E-state index in [-0.39, 0.29) is 17.7 Å². The number of carbonyl (C=O) groups excluding carboxylic acids is 1. The molecular weight excluding hydrogens is 474 g/mol. The molecular formula is C23H17Cl2FN2O3S. The number of nitrogens with zero attached hydrogens (tertiary/aromatic N) is 2. The number of fused-ring (bicyclic) bond motifs is 1. The molecule has 0 saturated heterocycles. The summed E-state index contributed by atoms with van der Waals surface area (Å²) in [6.07, 6.45) is 1.63. The number of thiazole rings is 1. The molecule has 0 aliphatic carbocycles. The number of halogens is 3. The van der Waals surface area contributed by atoms with Gasteiger partial charge in [-0.15, -0.1) is 0 Å². The monoisotopic (exact) mass is 490 g/mol. The first-order valence-corrected chi connectivity index (χ1v) is 11.3. The zero-order chi connectivity index (χ0) is 23.0. The van der Waals surface area contributed by atoms with Gasteiger partial charge < -0.3 is 4.74 Å². The lowest BCUT2D eigenvalue weighted by Gasteiger charge is -2.24. The summed E-state index contributed by atoms with van der Waals surface area (Å²) in [5.74, 6) is -1.18. The minimum Gasteiger partial charge on any atom is -0.463 e. The molecule has 1 aliphatic heterocycles. The third kappa shape index (κ3) is 4.03. The van der Waals surface area contributed by atoms with Crippen LogP contribution in [-0.4, -0.2) is 17.1 Å². The minimum absolute atomic E-state index is 0.125. The van der Waals surface area contributed by atoms with Crippen molar-refractivity contribution in [3.8, 4) is 0 Å². The molecule has 0 fully saturated rings. The fourth-order valence-corrected chi connectivity index (χ4v) is 5.04. The lowest BCUT2D eigenvalue weighted by atomic mass is 9.95. The molecule has 0 bridgehead atoms. The van der Waals surface area contributed by atoms with Crippen LogP contribution in [-0.2, 0) is 9.53 Å². The summed E-state index contributed by atoms with van der Waals surface area (Å²) in [5, 5.41) is 0.861. The molecule has 2 aromatic carbocycles. The van der Waals surface area contributed by atoms with Gasteiger partial charge in [-0.3, -0.25) is 9.36 Å². The number of allylic oxidation sites excluding steroid dienone is 1. The molecule has 164 valence electrons. The summed E-state index contributed by atoms with van der Waals surface area (Å²) in [5.41, 5.74) is 0.865. The number of aromatic nitrogens is 1. The van der Waals surface area contributed by atoms with Gasteiger partial charge in [0.1, 0.15) is 11.9 Å². The highest BCUT2D eigenvalue weighted by molar-refractivity contribution is 7.07. The number of ether oxygens (including phenoxy) is 1. The van der Waals surface area contributed by atoms with Crippen molar-refractivity contribution in [2.45, 2.75) is 19.9 Å². The largest absolute Gasteiger partial charge is 0.463 e. The van der Waals surface area contributed by atoms with Crippen molar-refractivity contribution in [3.63, 3.8) is 0 Å². The number of hydrogen-bond acceptors (Lipinski definition) is 5. The second kappa shape index (κ2) is 9.02. The topological polar surface area (TPSA) is 60.7 Å². The van der Waals surface area contributed by atoms with E-state index >= 15 is 0 Å². The van der Waals surface area contributed by atoms with Gasteiger partial charge in [0.15, 0.2) is 4.80 Å². The van der Waals surface area contributed by atoms with Crippen molar-refractivity contribution in [2.75, 3.05) is 6.61 Å². The van der Waals surface area contributed by atoms with E-state index in [1.165, 1.54) is 10.6 Å². The Morgan fingerprint density at radius 1 is 1.28 bits per heavy atom. The Kier molecular flexibility index (Phi) is 6.33. The first-order valence-electron chi connectivity index (χ1n) is 9.71. The van der Waals surface area contributed by atoms with Crippen LogP contribution in [0.3, 0.4) is 0 Å². The van der Waals surface area contributed by atoms with E-state index < -0.39 is 23.4 Å². The third-order valence-corrected chi connectivity index (χ3v) is 6.51. The van der Waals surface area contributed by atoms with Crippen LogP contribution in [0.25, 0.3) is 6.08 Å². The second-order valence-corrected chi connectivity index (χ2v) is 8.84. The van der Waals surface area contributed by atoms with Crippen LogP contribution in [0.4, 0.5) is 4.39 Å². The molecule has 0 radical (unpaired) electrons. The SMILES string of the molecule is CCOC(=O)C1=C(C)N=c2sc(=Cc3ccc(Cl)cc3Cl)c(=O)n2[C@H]1c1ccccc1F. The molecule has 0 amide bonds. The zero-order valence-electron chi connectivity index (χ0n) is 17.1. The fourth-order valence-electron chi connectivity index (χ4n) is 3.54. The maximum absolute atomic E-state index is 14.8. The van der Waals surface area contributed by atoms with Crippen LogP contribution in [0, 0.1) is 5.82 Å². The predicted molar refractivity (Wildman–Crippen MR) is 123 cm³/mol. The van der Waals surface area contributed by atoms with E-state index in [2.05, 4.69) is 4.99 Å². The van der Waals surface area contributed by atoms with Crippen LogP contribution in [0.1, 0.15) is 31.0 Å². The van der Waals surface area contributed by atoms with Crippen LogP contribution in [0.15, 0.2) is 63.5 Å². The van der Waals surface area contributed by atoms with E-state index in [1.807, 2.05) is 0 Å². The van der Waals surface area contributed by atoms with E-state index in [0.717, 1.165) is 11.3 Å². The van der Waals surface area contributed by atoms with Crippen LogP contribution in [0.2, 0.25) is 10.0 Å². The Morgan fingerprint density at radius 2 is 2.03 bits per heavy atom. The maximum atomic E-state index is 14.8. The fraction of sp³-hybridized carbons (Fsp3) is 0.174. The molecule has 1 aliphatic rings. The van der Waals surface area contributed by atoms with Crippen LogP contribution < -0.4 is 14.9 Å². The van der Waals surface area contributed by atoms with Crippen molar-refractivity contribution in [3.05, 3.63) is 100 Å². The molecule has 2 heterocycles. The molecule has 1 aromatic heterocycles. The lowest BCUT2D eigenvalue weighted by molar-refractivity contribution is -0.139. The summed E-state index contributed by atoms with van der Waals surface area (Å²) < 4.78 is 21.7. The summed E-state index contributed by atoms with van der Waals surface area (Å²) >= 11 is 13.4. The highest BCUT2D eigenvalue weighted by Gasteiger charge is 2.34. The molecule has 1 atom stereocenters. The zero-order valence-corrected chi connectivity index (χ0v) is 19.4. The summed E-state index contributed by atoms with van der Waals surface area (Å²) in [7, 11) is 0. The van der Waals surface area contributed by atoms with Gasteiger partial charge in [0.2, 0.25) is 0 Å². The molecule has 0 spiro atoms. The number of esters is 1. The van der Waals surface area contributed by atoms with Gasteiger partial charge in [0.25, 0.3) is 5.56 Å². The number of carbonyl (C=O) groups is 1. The maximum Gasteiger partial charge on any atom is 0.338 e. The van der Waals surface area contributed by atoms with Crippen molar-refractivity contribution in [1.82, 2.24) is 4.57 Å². The Labute approximate surface area is 196 Å². The average molecular weight is 491 g/mol. The quantitative estimate of drug-likeness (QED) is 0.513. The third-order valence-electron chi connectivity index (χ3n) is 4.97. The first-order chi connectivity index (χ1) is 15.3. The molecule has 0 saturated carbocycles. The van der Waals surface area contributed by atoms with E-state index in [9.17, 15) is 14.0 Å². The van der Waals surface area contributed by atoms with Gasteiger partial charge in [-0.2, -0.15) is 0 Å². The molecule has 0 N–H and O–H groups in total. The summed E-state index contributed by atoms with van der Waals surface area (Å²) in [6.45, 7) is 3.46. The van der Waals surface area contributed by atoms with Crippen molar-refractivity contribution in [1.29, 1.82) is 0 Å². The van der Waals surface area contributed by atoms with Gasteiger partial charge in [-0.05, 0) is 43.7 Å². The number of rotatable bonds is 4. The highest BCUT2D eigenvalue weighted by atomic mass is 35.5. The van der Waals surface area contributed by atoms with Crippen molar-refractivity contribution >= 4 is 46.6 Å². The smallest absolute Gasteiger partial charge is 0.338 e. The highest BCUT2D eigenvalue weighted by Crippen LogP contribution is 2.32. The predicted octanol–water partition coefficient (Wildman–Crippen LogP) is 4.24. The van der Waals surface area contributed by atoms with Gasteiger partial charge in [-0.25, -0.2) is 14.2 Å². The molecule has 3 aromatic rings. The van der Waals surface area contributed by atoms with Gasteiger partial charge in [0.05, 0.1) is 22.4 Å². The van der Waals surface area contributed by atoms with Gasteiger partial charge >= 0.3 is 5.97 Å². The Morgan fingerprint density at radius 3 is 2.72 bits per heavy atom. The average Bonchev–Trinajstić information content (AvgIpc) is 3.04. The molecule has 4 rings (SSSR count). The van der Waals surface area contributed by atoms with E-state index in [0.29, 0.717) is 30.6 Å². The minimum atomic E-state index is -1.01. The molecule has 5 nitrogen and oxygen atoms in total. The summed E-state index contributed by atoms with van der Waals surface area (Å²) in [4.78, 5) is 31.0. The second-order valence-electron chi connectivity index (χ2n) is 6.99. The lowest BCUT2D eigenvalue weighted by Crippen LogP contribution is -2.40. The Bertz CT molecular complexity index is 1440. The van der Waals surface area contributed by atoms with Crippen molar-refractivity contribution < 1.29 is 13.9 Å². The van der Waals surface area contributed by atoms with E-state index in [4.69, 9.17) is 27.9 Å².